The summed E-state index contributed by atoms with van der Waals surface area (Å²) in [6, 6.07) is 8.96. The van der Waals surface area contributed by atoms with E-state index in [1.54, 1.807) is 24.5 Å². The summed E-state index contributed by atoms with van der Waals surface area (Å²) in [7, 11) is 0. The number of esters is 1. The van der Waals surface area contributed by atoms with Gasteiger partial charge in [-0.1, -0.05) is 6.07 Å². The van der Waals surface area contributed by atoms with Crippen molar-refractivity contribution in [2.24, 2.45) is 0 Å². The normalized spacial score (nSPS) is 10.1. The molecule has 126 valence electrons. The van der Waals surface area contributed by atoms with Gasteiger partial charge >= 0.3 is 5.97 Å². The number of carbonyl (C=O) groups excluding carboxylic acids is 2. The minimum absolute atomic E-state index is 0.0891. The number of aromatic nitrogens is 1. The summed E-state index contributed by atoms with van der Waals surface area (Å²) in [4.78, 5) is 27.2. The zero-order valence-electron chi connectivity index (χ0n) is 13.7. The number of aryl methyl sites for hydroxylation is 2. The maximum Gasteiger partial charge on any atom is 0.344 e. The van der Waals surface area contributed by atoms with E-state index in [-0.39, 0.29) is 25.7 Å². The standard InChI is InChI=1S/C18H20N2O4/c1-13-9-14(2)11-16(10-13)24-12-17(21)23-8-7-20-18(22)15-3-5-19-6-4-15/h3-6,9-11H,7-8,12H2,1-2H3,(H,20,22). The molecular weight excluding hydrogens is 308 g/mol. The topological polar surface area (TPSA) is 77.5 Å². The molecule has 2 aromatic rings. The predicted molar refractivity (Wildman–Crippen MR) is 88.9 cm³/mol. The summed E-state index contributed by atoms with van der Waals surface area (Å²) in [5, 5.41) is 2.66. The first kappa shape index (κ1) is 17.5. The fourth-order valence-corrected chi connectivity index (χ4v) is 2.13. The van der Waals surface area contributed by atoms with Crippen LogP contribution in [0.3, 0.4) is 0 Å². The maximum atomic E-state index is 11.8. The largest absolute Gasteiger partial charge is 0.482 e. The van der Waals surface area contributed by atoms with E-state index in [1.807, 2.05) is 32.0 Å². The van der Waals surface area contributed by atoms with Crippen LogP contribution in [0.2, 0.25) is 0 Å². The van der Waals surface area contributed by atoms with Gasteiger partial charge in [-0.2, -0.15) is 0 Å². The fraction of sp³-hybridized carbons (Fsp3) is 0.278. The van der Waals surface area contributed by atoms with Gasteiger partial charge in [0, 0.05) is 18.0 Å². The lowest BCUT2D eigenvalue weighted by Gasteiger charge is -2.09. The van der Waals surface area contributed by atoms with Crippen LogP contribution in [0.25, 0.3) is 0 Å². The molecule has 1 aromatic carbocycles. The van der Waals surface area contributed by atoms with Gasteiger partial charge in [-0.25, -0.2) is 4.79 Å². The van der Waals surface area contributed by atoms with Gasteiger partial charge in [0.1, 0.15) is 12.4 Å². The molecule has 0 atom stereocenters. The highest BCUT2D eigenvalue weighted by molar-refractivity contribution is 5.93. The van der Waals surface area contributed by atoms with Crippen molar-refractivity contribution >= 4 is 11.9 Å². The molecule has 0 saturated carbocycles. The van der Waals surface area contributed by atoms with Gasteiger partial charge in [-0.15, -0.1) is 0 Å². The van der Waals surface area contributed by atoms with E-state index in [2.05, 4.69) is 10.3 Å². The molecule has 0 spiro atoms. The Morgan fingerprint density at radius 1 is 1.08 bits per heavy atom. The molecule has 0 fully saturated rings. The molecule has 24 heavy (non-hydrogen) atoms. The number of nitrogens with one attached hydrogen (secondary N) is 1. The van der Waals surface area contributed by atoms with Crippen molar-refractivity contribution in [3.05, 3.63) is 59.4 Å². The maximum absolute atomic E-state index is 11.8. The van der Waals surface area contributed by atoms with Crippen molar-refractivity contribution in [2.45, 2.75) is 13.8 Å². The van der Waals surface area contributed by atoms with Gasteiger partial charge in [-0.05, 0) is 49.2 Å². The summed E-state index contributed by atoms with van der Waals surface area (Å²) in [5.74, 6) is -0.0808. The first-order valence-electron chi connectivity index (χ1n) is 7.59. The van der Waals surface area contributed by atoms with Gasteiger partial charge < -0.3 is 14.8 Å². The Bertz CT molecular complexity index is 681. The monoisotopic (exact) mass is 328 g/mol. The van der Waals surface area contributed by atoms with Crippen LogP contribution in [0, 0.1) is 13.8 Å². The molecule has 1 aromatic heterocycles. The number of nitrogens with zero attached hydrogens (tertiary/aromatic N) is 1. The van der Waals surface area contributed by atoms with E-state index in [1.165, 1.54) is 0 Å². The van der Waals surface area contributed by atoms with Crippen molar-refractivity contribution < 1.29 is 19.1 Å². The van der Waals surface area contributed by atoms with E-state index in [0.29, 0.717) is 11.3 Å². The number of ether oxygens (including phenoxy) is 2. The van der Waals surface area contributed by atoms with E-state index in [0.717, 1.165) is 11.1 Å². The molecule has 6 nitrogen and oxygen atoms in total. The SMILES string of the molecule is Cc1cc(C)cc(OCC(=O)OCCNC(=O)c2ccncc2)c1. The molecule has 0 unspecified atom stereocenters. The molecule has 0 aliphatic rings. The Labute approximate surface area is 140 Å². The van der Waals surface area contributed by atoms with Crippen LogP contribution < -0.4 is 10.1 Å². The van der Waals surface area contributed by atoms with E-state index < -0.39 is 5.97 Å². The summed E-state index contributed by atoms with van der Waals surface area (Å²) in [6.07, 6.45) is 3.08. The highest BCUT2D eigenvalue weighted by Gasteiger charge is 2.07. The number of rotatable bonds is 7. The Morgan fingerprint density at radius 3 is 2.42 bits per heavy atom. The molecule has 1 amide bonds. The Hall–Kier alpha value is -2.89. The molecule has 0 radical (unpaired) electrons. The smallest absolute Gasteiger partial charge is 0.344 e. The number of amides is 1. The average Bonchev–Trinajstić information content (AvgIpc) is 2.56. The third kappa shape index (κ3) is 5.72. The van der Waals surface area contributed by atoms with Crippen molar-refractivity contribution in [1.29, 1.82) is 0 Å². The van der Waals surface area contributed by atoms with Gasteiger partial charge in [0.25, 0.3) is 5.91 Å². The summed E-state index contributed by atoms with van der Waals surface area (Å²) in [6.45, 7) is 4.08. The number of hydrogen-bond donors (Lipinski definition) is 1. The van der Waals surface area contributed by atoms with Crippen LogP contribution in [-0.4, -0.2) is 36.6 Å². The molecule has 6 heteroatoms. The molecule has 0 saturated heterocycles. The highest BCUT2D eigenvalue weighted by Crippen LogP contribution is 2.16. The first-order chi connectivity index (χ1) is 11.5. The fourth-order valence-electron chi connectivity index (χ4n) is 2.13. The number of hydrogen-bond acceptors (Lipinski definition) is 5. The number of carbonyl (C=O) groups is 2. The van der Waals surface area contributed by atoms with Crippen molar-refractivity contribution in [2.75, 3.05) is 19.8 Å². The molecule has 2 rings (SSSR count). The lowest BCUT2D eigenvalue weighted by molar-refractivity contribution is -0.145. The second-order valence-electron chi connectivity index (χ2n) is 5.32. The lowest BCUT2D eigenvalue weighted by atomic mass is 10.1. The van der Waals surface area contributed by atoms with Crippen LogP contribution in [-0.2, 0) is 9.53 Å². The lowest BCUT2D eigenvalue weighted by Crippen LogP contribution is -2.28. The van der Waals surface area contributed by atoms with Gasteiger partial charge in [0.2, 0.25) is 0 Å². The van der Waals surface area contributed by atoms with Crippen LogP contribution >= 0.6 is 0 Å². The van der Waals surface area contributed by atoms with Gasteiger partial charge in [-0.3, -0.25) is 9.78 Å². The van der Waals surface area contributed by atoms with Crippen LogP contribution in [0.4, 0.5) is 0 Å². The third-order valence-electron chi connectivity index (χ3n) is 3.15. The second kappa shape index (κ2) is 8.67. The molecule has 0 bridgehead atoms. The van der Waals surface area contributed by atoms with Gasteiger partial charge in [0.05, 0.1) is 6.54 Å². The Morgan fingerprint density at radius 2 is 1.75 bits per heavy atom. The summed E-state index contributed by atoms with van der Waals surface area (Å²) < 4.78 is 10.4. The molecule has 0 aliphatic carbocycles. The summed E-state index contributed by atoms with van der Waals surface area (Å²) >= 11 is 0. The van der Waals surface area contributed by atoms with Gasteiger partial charge in [0.15, 0.2) is 6.61 Å². The Kier molecular flexibility index (Phi) is 6.31. The third-order valence-corrected chi connectivity index (χ3v) is 3.15. The van der Waals surface area contributed by atoms with Crippen molar-refractivity contribution in [1.82, 2.24) is 10.3 Å². The van der Waals surface area contributed by atoms with E-state index in [9.17, 15) is 9.59 Å². The van der Waals surface area contributed by atoms with Crippen molar-refractivity contribution in [3.63, 3.8) is 0 Å². The van der Waals surface area contributed by atoms with E-state index >= 15 is 0 Å². The zero-order chi connectivity index (χ0) is 17.4. The molecule has 1 heterocycles. The predicted octanol–water partition coefficient (Wildman–Crippen LogP) is 2.05. The van der Waals surface area contributed by atoms with Crippen LogP contribution in [0.1, 0.15) is 21.5 Å². The molecule has 0 aliphatic heterocycles. The molecular formula is C18H20N2O4. The first-order valence-corrected chi connectivity index (χ1v) is 7.59. The van der Waals surface area contributed by atoms with E-state index in [4.69, 9.17) is 9.47 Å². The van der Waals surface area contributed by atoms with Crippen molar-refractivity contribution in [3.8, 4) is 5.75 Å². The number of benzene rings is 1. The zero-order valence-corrected chi connectivity index (χ0v) is 13.7. The summed E-state index contributed by atoms with van der Waals surface area (Å²) in [5.41, 5.74) is 2.64. The second-order valence-corrected chi connectivity index (χ2v) is 5.32. The van der Waals surface area contributed by atoms with Crippen LogP contribution in [0.15, 0.2) is 42.7 Å². The minimum Gasteiger partial charge on any atom is -0.482 e. The average molecular weight is 328 g/mol. The van der Waals surface area contributed by atoms with Crippen LogP contribution in [0.5, 0.6) is 5.75 Å². The minimum atomic E-state index is -0.479. The number of pyridine rings is 1. The molecule has 1 N–H and O–H groups in total. The highest BCUT2D eigenvalue weighted by atomic mass is 16.6. The Balaban J connectivity index is 1.65. The quantitative estimate of drug-likeness (QED) is 0.622.